The van der Waals surface area contributed by atoms with Crippen molar-refractivity contribution in [1.82, 2.24) is 15.1 Å². The topological polar surface area (TPSA) is 74.0 Å². The number of amides is 1. The lowest BCUT2D eigenvalue weighted by molar-refractivity contribution is -0.123. The molecule has 1 aromatic carbocycles. The Bertz CT molecular complexity index is 588. The number of hydrogen-bond acceptors (Lipinski definition) is 3. The molecule has 158 valence electrons. The van der Waals surface area contributed by atoms with Gasteiger partial charge in [0.15, 0.2) is 5.96 Å². The largest absolute Gasteiger partial charge is 0.369 e. The Labute approximate surface area is 187 Å². The molecule has 1 fully saturated rings. The molecule has 6 nitrogen and oxygen atoms in total. The van der Waals surface area contributed by atoms with E-state index in [1.807, 2.05) is 6.07 Å². The summed E-state index contributed by atoms with van der Waals surface area (Å²) in [7, 11) is 2.08. The first-order valence-electron chi connectivity index (χ1n) is 10.1. The molecule has 0 aliphatic carbocycles. The molecule has 2 rings (SSSR count). The van der Waals surface area contributed by atoms with E-state index in [9.17, 15) is 4.79 Å². The summed E-state index contributed by atoms with van der Waals surface area (Å²) < 4.78 is 0. The summed E-state index contributed by atoms with van der Waals surface area (Å²) in [6.45, 7) is 7.70. The molecule has 28 heavy (non-hydrogen) atoms. The Morgan fingerprint density at radius 3 is 2.54 bits per heavy atom. The van der Waals surface area contributed by atoms with Crippen LogP contribution in [0.2, 0.25) is 0 Å². The number of piperidine rings is 1. The summed E-state index contributed by atoms with van der Waals surface area (Å²) in [5, 5.41) is 3.38. The SMILES string of the molecule is CCNC(=NCCCCN1CCC(C(N)=O)CC1)N(C)Cc1ccccc1.I. The van der Waals surface area contributed by atoms with Crippen molar-refractivity contribution in [2.24, 2.45) is 16.6 Å². The average molecular weight is 501 g/mol. The highest BCUT2D eigenvalue weighted by molar-refractivity contribution is 14.0. The van der Waals surface area contributed by atoms with Crippen molar-refractivity contribution in [2.45, 2.75) is 39.2 Å². The number of guanidine groups is 1. The van der Waals surface area contributed by atoms with Gasteiger partial charge in [-0.25, -0.2) is 0 Å². The Kier molecular flexibility index (Phi) is 12.1. The van der Waals surface area contributed by atoms with Crippen molar-refractivity contribution in [2.75, 3.05) is 39.8 Å². The van der Waals surface area contributed by atoms with E-state index >= 15 is 0 Å². The Morgan fingerprint density at radius 1 is 1.25 bits per heavy atom. The smallest absolute Gasteiger partial charge is 0.220 e. The Hall–Kier alpha value is -1.35. The molecule has 0 atom stereocenters. The summed E-state index contributed by atoms with van der Waals surface area (Å²) in [5.41, 5.74) is 6.68. The van der Waals surface area contributed by atoms with Gasteiger partial charge in [-0.3, -0.25) is 9.79 Å². The maximum atomic E-state index is 11.2. The van der Waals surface area contributed by atoms with E-state index in [0.29, 0.717) is 0 Å². The normalized spacial score (nSPS) is 15.7. The third-order valence-electron chi connectivity index (χ3n) is 5.09. The van der Waals surface area contributed by atoms with Gasteiger partial charge in [-0.05, 0) is 57.8 Å². The summed E-state index contributed by atoms with van der Waals surface area (Å²) in [5.74, 6) is 0.900. The van der Waals surface area contributed by atoms with E-state index < -0.39 is 0 Å². The van der Waals surface area contributed by atoms with Gasteiger partial charge < -0.3 is 20.9 Å². The third kappa shape index (κ3) is 8.77. The lowest BCUT2D eigenvalue weighted by atomic mass is 9.96. The predicted molar refractivity (Wildman–Crippen MR) is 127 cm³/mol. The number of unbranched alkanes of at least 4 members (excludes halogenated alkanes) is 1. The van der Waals surface area contributed by atoms with Crippen molar-refractivity contribution < 1.29 is 4.79 Å². The number of hydrogen-bond donors (Lipinski definition) is 2. The van der Waals surface area contributed by atoms with Crippen LogP contribution in [-0.4, -0.2) is 61.4 Å². The second kappa shape index (κ2) is 13.8. The molecule has 1 amide bonds. The van der Waals surface area contributed by atoms with E-state index in [0.717, 1.165) is 70.9 Å². The molecule has 1 saturated heterocycles. The van der Waals surface area contributed by atoms with Gasteiger partial charge in [0, 0.05) is 32.6 Å². The molecule has 0 radical (unpaired) electrons. The van der Waals surface area contributed by atoms with Gasteiger partial charge in [0.05, 0.1) is 0 Å². The quantitative estimate of drug-likeness (QED) is 0.236. The maximum absolute atomic E-state index is 11.2. The fraction of sp³-hybridized carbons (Fsp3) is 0.619. The molecular weight excluding hydrogens is 465 g/mol. The van der Waals surface area contributed by atoms with Crippen LogP contribution in [0.25, 0.3) is 0 Å². The fourth-order valence-corrected chi connectivity index (χ4v) is 3.48. The Morgan fingerprint density at radius 2 is 1.93 bits per heavy atom. The first-order chi connectivity index (χ1) is 13.1. The minimum atomic E-state index is -0.139. The van der Waals surface area contributed by atoms with Crippen molar-refractivity contribution in [1.29, 1.82) is 0 Å². The number of nitrogens with zero attached hydrogens (tertiary/aromatic N) is 3. The van der Waals surface area contributed by atoms with Crippen molar-refractivity contribution in [3.63, 3.8) is 0 Å². The highest BCUT2D eigenvalue weighted by Gasteiger charge is 2.22. The van der Waals surface area contributed by atoms with E-state index in [4.69, 9.17) is 10.7 Å². The van der Waals surface area contributed by atoms with Gasteiger partial charge in [-0.1, -0.05) is 30.3 Å². The van der Waals surface area contributed by atoms with Crippen LogP contribution >= 0.6 is 24.0 Å². The lowest BCUT2D eigenvalue weighted by Crippen LogP contribution is -2.39. The van der Waals surface area contributed by atoms with Crippen LogP contribution in [0.4, 0.5) is 0 Å². The number of halogens is 1. The van der Waals surface area contributed by atoms with E-state index in [2.05, 4.69) is 53.4 Å². The number of likely N-dealkylation sites (tertiary alicyclic amines) is 1. The number of rotatable bonds is 9. The van der Waals surface area contributed by atoms with Gasteiger partial charge in [0.25, 0.3) is 0 Å². The average Bonchev–Trinajstić information content (AvgIpc) is 2.68. The first-order valence-corrected chi connectivity index (χ1v) is 10.1. The minimum absolute atomic E-state index is 0. The second-order valence-corrected chi connectivity index (χ2v) is 7.30. The van der Waals surface area contributed by atoms with Crippen molar-refractivity contribution >= 4 is 35.8 Å². The Balaban J connectivity index is 0.00000392. The number of primary amides is 1. The lowest BCUT2D eigenvalue weighted by Gasteiger charge is -2.30. The van der Waals surface area contributed by atoms with Crippen LogP contribution in [0, 0.1) is 5.92 Å². The number of benzene rings is 1. The van der Waals surface area contributed by atoms with E-state index in [1.54, 1.807) is 0 Å². The van der Waals surface area contributed by atoms with Crippen LogP contribution in [-0.2, 0) is 11.3 Å². The zero-order valence-corrected chi connectivity index (χ0v) is 19.6. The summed E-state index contributed by atoms with van der Waals surface area (Å²) in [6, 6.07) is 10.5. The molecule has 1 aliphatic heterocycles. The predicted octanol–water partition coefficient (Wildman–Crippen LogP) is 2.68. The van der Waals surface area contributed by atoms with Gasteiger partial charge in [0.1, 0.15) is 0 Å². The summed E-state index contributed by atoms with van der Waals surface area (Å²) in [4.78, 5) is 20.6. The molecule has 1 aliphatic rings. The van der Waals surface area contributed by atoms with Gasteiger partial charge in [0.2, 0.25) is 5.91 Å². The van der Waals surface area contributed by atoms with E-state index in [1.165, 1.54) is 5.56 Å². The zero-order valence-electron chi connectivity index (χ0n) is 17.3. The number of carbonyl (C=O) groups excluding carboxylic acids is 1. The molecule has 0 aromatic heterocycles. The fourth-order valence-electron chi connectivity index (χ4n) is 3.48. The van der Waals surface area contributed by atoms with Crippen molar-refractivity contribution in [3.8, 4) is 0 Å². The molecule has 0 saturated carbocycles. The highest BCUT2D eigenvalue weighted by Crippen LogP contribution is 2.16. The highest BCUT2D eigenvalue weighted by atomic mass is 127. The molecule has 3 N–H and O–H groups in total. The van der Waals surface area contributed by atoms with Gasteiger partial charge in [-0.15, -0.1) is 24.0 Å². The van der Waals surface area contributed by atoms with Crippen LogP contribution < -0.4 is 11.1 Å². The van der Waals surface area contributed by atoms with E-state index in [-0.39, 0.29) is 35.8 Å². The first kappa shape index (κ1) is 24.7. The number of nitrogens with two attached hydrogens (primary N) is 1. The molecule has 0 spiro atoms. The molecular formula is C21H36IN5O. The van der Waals surface area contributed by atoms with Crippen LogP contribution in [0.15, 0.2) is 35.3 Å². The maximum Gasteiger partial charge on any atom is 0.220 e. The van der Waals surface area contributed by atoms with Crippen LogP contribution in [0.3, 0.4) is 0 Å². The number of carbonyl (C=O) groups is 1. The molecule has 1 aromatic rings. The second-order valence-electron chi connectivity index (χ2n) is 7.30. The van der Waals surface area contributed by atoms with Crippen molar-refractivity contribution in [3.05, 3.63) is 35.9 Å². The number of aliphatic imine (C=N–C) groups is 1. The monoisotopic (exact) mass is 501 g/mol. The molecule has 7 heteroatoms. The summed E-state index contributed by atoms with van der Waals surface area (Å²) >= 11 is 0. The number of nitrogens with one attached hydrogen (secondary N) is 1. The molecule has 0 bridgehead atoms. The standard InChI is InChI=1S/C21H35N5O.HI/c1-3-23-21(25(2)17-18-9-5-4-6-10-18)24-13-7-8-14-26-15-11-19(12-16-26)20(22)27;/h4-6,9-10,19H,3,7-8,11-17H2,1-2H3,(H2,22,27)(H,23,24);1H. The third-order valence-corrected chi connectivity index (χ3v) is 5.09. The minimum Gasteiger partial charge on any atom is -0.369 e. The summed E-state index contributed by atoms with van der Waals surface area (Å²) in [6.07, 6.45) is 4.01. The van der Waals surface area contributed by atoms with Gasteiger partial charge in [-0.2, -0.15) is 0 Å². The van der Waals surface area contributed by atoms with Crippen LogP contribution in [0.1, 0.15) is 38.2 Å². The molecule has 1 heterocycles. The zero-order chi connectivity index (χ0) is 19.5. The van der Waals surface area contributed by atoms with Crippen LogP contribution in [0.5, 0.6) is 0 Å². The molecule has 0 unspecified atom stereocenters. The van der Waals surface area contributed by atoms with Gasteiger partial charge >= 0.3 is 0 Å².